The second-order valence-corrected chi connectivity index (χ2v) is 7.91. The third kappa shape index (κ3) is 2.68. The van der Waals surface area contributed by atoms with Gasteiger partial charge >= 0.3 is 0 Å². The molecular formula is C22H18NP. The maximum absolute atomic E-state index is 6.36. The van der Waals surface area contributed by atoms with Crippen molar-refractivity contribution in [3.63, 3.8) is 0 Å². The number of nitrogen functional groups attached to an aromatic ring is 1. The van der Waals surface area contributed by atoms with Gasteiger partial charge in [0.1, 0.15) is 0 Å². The van der Waals surface area contributed by atoms with E-state index in [-0.39, 0.29) is 0 Å². The van der Waals surface area contributed by atoms with E-state index in [1.165, 1.54) is 26.7 Å². The van der Waals surface area contributed by atoms with Crippen LogP contribution in [0.4, 0.5) is 5.69 Å². The largest absolute Gasteiger partial charge is 0.398 e. The second kappa shape index (κ2) is 6.47. The van der Waals surface area contributed by atoms with Crippen molar-refractivity contribution < 1.29 is 0 Å². The molecule has 4 rings (SSSR count). The number of benzene rings is 4. The highest BCUT2D eigenvalue weighted by molar-refractivity contribution is 7.80. The van der Waals surface area contributed by atoms with Gasteiger partial charge in [0.2, 0.25) is 0 Å². The zero-order valence-corrected chi connectivity index (χ0v) is 14.2. The highest BCUT2D eigenvalue weighted by atomic mass is 31.1. The summed E-state index contributed by atoms with van der Waals surface area (Å²) in [5.74, 6) is 0. The van der Waals surface area contributed by atoms with Crippen molar-refractivity contribution in [1.82, 2.24) is 0 Å². The number of rotatable bonds is 3. The van der Waals surface area contributed by atoms with Crippen molar-refractivity contribution in [3.05, 3.63) is 97.1 Å². The number of nitrogens with two attached hydrogens (primary N) is 1. The molecule has 2 N–H and O–H groups in total. The fraction of sp³-hybridized carbons (Fsp3) is 0. The van der Waals surface area contributed by atoms with Crippen LogP contribution in [0, 0.1) is 0 Å². The van der Waals surface area contributed by atoms with Gasteiger partial charge in [-0.2, -0.15) is 0 Å². The van der Waals surface area contributed by atoms with Crippen LogP contribution in [-0.2, 0) is 0 Å². The van der Waals surface area contributed by atoms with E-state index in [2.05, 4.69) is 84.9 Å². The lowest BCUT2D eigenvalue weighted by molar-refractivity contribution is 1.74. The molecule has 24 heavy (non-hydrogen) atoms. The number of hydrogen-bond acceptors (Lipinski definition) is 1. The van der Waals surface area contributed by atoms with Crippen LogP contribution in [0.2, 0.25) is 0 Å². The van der Waals surface area contributed by atoms with E-state index in [1.54, 1.807) is 0 Å². The Labute approximate surface area is 143 Å². The van der Waals surface area contributed by atoms with Crippen molar-refractivity contribution in [3.8, 4) is 0 Å². The smallest absolute Gasteiger partial charge is 0.0400 e. The second-order valence-electron chi connectivity index (χ2n) is 5.73. The molecule has 0 unspecified atom stereocenters. The molecule has 0 amide bonds. The van der Waals surface area contributed by atoms with Crippen LogP contribution in [0.15, 0.2) is 97.1 Å². The molecule has 0 radical (unpaired) electrons. The molecule has 0 fully saturated rings. The summed E-state index contributed by atoms with van der Waals surface area (Å²) in [5, 5.41) is 6.38. The van der Waals surface area contributed by atoms with Crippen LogP contribution in [0.3, 0.4) is 0 Å². The topological polar surface area (TPSA) is 26.0 Å². The van der Waals surface area contributed by atoms with Crippen LogP contribution in [-0.4, -0.2) is 0 Å². The Hall–Kier alpha value is -2.63. The van der Waals surface area contributed by atoms with E-state index in [4.69, 9.17) is 5.73 Å². The summed E-state index contributed by atoms with van der Waals surface area (Å²) in [7, 11) is -0.642. The molecule has 0 aliphatic rings. The van der Waals surface area contributed by atoms with Gasteiger partial charge in [-0.05, 0) is 35.3 Å². The van der Waals surface area contributed by atoms with Crippen LogP contribution >= 0.6 is 7.92 Å². The van der Waals surface area contributed by atoms with Gasteiger partial charge in [-0.25, -0.2) is 0 Å². The average Bonchev–Trinajstić information content (AvgIpc) is 2.64. The molecule has 0 bridgehead atoms. The molecule has 0 aliphatic heterocycles. The van der Waals surface area contributed by atoms with Crippen LogP contribution in [0.1, 0.15) is 0 Å². The summed E-state index contributed by atoms with van der Waals surface area (Å²) in [6, 6.07) is 34.1. The molecule has 0 heterocycles. The van der Waals surface area contributed by atoms with Gasteiger partial charge in [0.15, 0.2) is 0 Å². The third-order valence-electron chi connectivity index (χ3n) is 4.18. The zero-order valence-electron chi connectivity index (χ0n) is 13.3. The monoisotopic (exact) mass is 327 g/mol. The van der Waals surface area contributed by atoms with Gasteiger partial charge in [-0.1, -0.05) is 91.0 Å². The van der Waals surface area contributed by atoms with Crippen molar-refractivity contribution in [2.24, 2.45) is 0 Å². The molecule has 0 spiro atoms. The third-order valence-corrected chi connectivity index (χ3v) is 6.67. The summed E-state index contributed by atoms with van der Waals surface area (Å²) in [5.41, 5.74) is 7.21. The highest BCUT2D eigenvalue weighted by Crippen LogP contribution is 2.37. The Kier molecular flexibility index (Phi) is 4.02. The van der Waals surface area contributed by atoms with Gasteiger partial charge in [-0.15, -0.1) is 0 Å². The van der Waals surface area contributed by atoms with Crippen molar-refractivity contribution >= 4 is 40.3 Å². The van der Waals surface area contributed by atoms with Gasteiger partial charge in [0, 0.05) is 11.1 Å². The maximum Gasteiger partial charge on any atom is 0.0400 e. The van der Waals surface area contributed by atoms with Crippen LogP contribution in [0.25, 0.3) is 10.8 Å². The molecule has 2 heteroatoms. The Morgan fingerprint density at radius 1 is 0.542 bits per heavy atom. The first kappa shape index (κ1) is 14.9. The number of anilines is 1. The van der Waals surface area contributed by atoms with Crippen LogP contribution < -0.4 is 21.6 Å². The highest BCUT2D eigenvalue weighted by Gasteiger charge is 2.19. The van der Waals surface area contributed by atoms with Gasteiger partial charge in [-0.3, -0.25) is 0 Å². The molecule has 0 aromatic heterocycles. The predicted molar refractivity (Wildman–Crippen MR) is 107 cm³/mol. The Morgan fingerprint density at radius 3 is 1.67 bits per heavy atom. The van der Waals surface area contributed by atoms with E-state index in [9.17, 15) is 0 Å². The lowest BCUT2D eigenvalue weighted by Gasteiger charge is -2.21. The van der Waals surface area contributed by atoms with Crippen molar-refractivity contribution in [1.29, 1.82) is 0 Å². The Bertz CT molecular complexity index is 920. The molecular weight excluding hydrogens is 309 g/mol. The summed E-state index contributed by atoms with van der Waals surface area (Å²) < 4.78 is 0. The first-order chi connectivity index (χ1) is 11.8. The minimum atomic E-state index is -0.642. The zero-order chi connectivity index (χ0) is 16.4. The Morgan fingerprint density at radius 2 is 1.08 bits per heavy atom. The van der Waals surface area contributed by atoms with Gasteiger partial charge in [0.05, 0.1) is 0 Å². The minimum absolute atomic E-state index is 0.642. The van der Waals surface area contributed by atoms with Crippen molar-refractivity contribution in [2.75, 3.05) is 5.73 Å². The quantitative estimate of drug-likeness (QED) is 0.443. The summed E-state index contributed by atoms with van der Waals surface area (Å²) in [6.07, 6.45) is 0. The van der Waals surface area contributed by atoms with Crippen LogP contribution in [0.5, 0.6) is 0 Å². The fourth-order valence-electron chi connectivity index (χ4n) is 3.12. The first-order valence-electron chi connectivity index (χ1n) is 8.02. The number of hydrogen-bond donors (Lipinski definition) is 1. The summed E-state index contributed by atoms with van der Waals surface area (Å²) in [6.45, 7) is 0. The minimum Gasteiger partial charge on any atom is -0.398 e. The number of fused-ring (bicyclic) bond motifs is 1. The SMILES string of the molecule is Nc1cccc2cccc(P(c3ccccc3)c3ccccc3)c12. The molecule has 0 atom stereocenters. The van der Waals surface area contributed by atoms with E-state index < -0.39 is 7.92 Å². The molecule has 0 saturated heterocycles. The maximum atomic E-state index is 6.36. The summed E-state index contributed by atoms with van der Waals surface area (Å²) in [4.78, 5) is 0. The normalized spacial score (nSPS) is 11.0. The van der Waals surface area contributed by atoms with Gasteiger partial charge < -0.3 is 5.73 Å². The molecule has 116 valence electrons. The predicted octanol–water partition coefficient (Wildman–Crippen LogP) is 4.18. The Balaban J connectivity index is 2.02. The molecule has 1 nitrogen and oxygen atoms in total. The van der Waals surface area contributed by atoms with E-state index in [1.807, 2.05) is 12.1 Å². The average molecular weight is 327 g/mol. The summed E-state index contributed by atoms with van der Waals surface area (Å²) >= 11 is 0. The standard InChI is InChI=1S/C22H18NP/c23-20-15-7-9-17-10-8-16-21(22(17)20)24(18-11-3-1-4-12-18)19-13-5-2-6-14-19/h1-16H,23H2. The van der Waals surface area contributed by atoms with E-state index in [0.717, 1.165) is 5.69 Å². The molecule has 0 saturated carbocycles. The molecule has 4 aromatic rings. The molecule has 4 aromatic carbocycles. The van der Waals surface area contributed by atoms with Crippen molar-refractivity contribution in [2.45, 2.75) is 0 Å². The van der Waals surface area contributed by atoms with Gasteiger partial charge in [0.25, 0.3) is 0 Å². The molecule has 0 aliphatic carbocycles. The first-order valence-corrected chi connectivity index (χ1v) is 9.36. The fourth-order valence-corrected chi connectivity index (χ4v) is 5.63. The van der Waals surface area contributed by atoms with E-state index >= 15 is 0 Å². The van der Waals surface area contributed by atoms with E-state index in [0.29, 0.717) is 0 Å². The lowest BCUT2D eigenvalue weighted by Crippen LogP contribution is -2.21. The lowest BCUT2D eigenvalue weighted by atomic mass is 10.1.